The molecule has 1 aromatic rings. The maximum atomic E-state index is 12.6. The van der Waals surface area contributed by atoms with Gasteiger partial charge in [-0.2, -0.15) is 5.26 Å². The van der Waals surface area contributed by atoms with Crippen molar-refractivity contribution in [2.75, 3.05) is 13.2 Å². The number of nitriles is 1. The number of allylic oxidation sites excluding steroid dienone is 1. The summed E-state index contributed by atoms with van der Waals surface area (Å²) in [7, 11) is 0. The molecule has 2 amide bonds. The van der Waals surface area contributed by atoms with Crippen molar-refractivity contribution >= 4 is 12.0 Å². The van der Waals surface area contributed by atoms with Gasteiger partial charge in [-0.3, -0.25) is 4.90 Å². The zero-order valence-electron chi connectivity index (χ0n) is 15.4. The summed E-state index contributed by atoms with van der Waals surface area (Å²) >= 11 is 0. The molecule has 1 N–H and O–H groups in total. The molecule has 1 aliphatic rings. The van der Waals surface area contributed by atoms with E-state index in [2.05, 4.69) is 5.32 Å². The molecule has 0 saturated heterocycles. The van der Waals surface area contributed by atoms with Gasteiger partial charge in [0.25, 0.3) is 0 Å². The van der Waals surface area contributed by atoms with E-state index in [9.17, 15) is 9.59 Å². The molecule has 7 heteroatoms. The first kappa shape index (κ1) is 19.3. The van der Waals surface area contributed by atoms with Crippen LogP contribution in [0.3, 0.4) is 0 Å². The fourth-order valence-corrected chi connectivity index (χ4v) is 2.97. The number of nitrogens with one attached hydrogen (secondary N) is 1. The van der Waals surface area contributed by atoms with Crippen molar-refractivity contribution in [3.63, 3.8) is 0 Å². The summed E-state index contributed by atoms with van der Waals surface area (Å²) in [4.78, 5) is 26.6. The molecule has 0 bridgehead atoms. The third-order valence-corrected chi connectivity index (χ3v) is 4.05. The Kier molecular flexibility index (Phi) is 6.23. The highest BCUT2D eigenvalue weighted by atomic mass is 16.5. The number of rotatable bonds is 6. The average Bonchev–Trinajstić information content (AvgIpc) is 2.59. The first-order valence-corrected chi connectivity index (χ1v) is 8.48. The molecule has 1 aliphatic heterocycles. The smallest absolute Gasteiger partial charge is 0.338 e. The number of ether oxygens (including phenoxy) is 2. The van der Waals surface area contributed by atoms with Gasteiger partial charge in [0.2, 0.25) is 0 Å². The van der Waals surface area contributed by atoms with Crippen molar-refractivity contribution in [2.45, 2.75) is 39.8 Å². The van der Waals surface area contributed by atoms with Gasteiger partial charge >= 0.3 is 12.0 Å². The predicted octanol–water partition coefficient (Wildman–Crippen LogP) is 2.90. The van der Waals surface area contributed by atoms with E-state index in [1.807, 2.05) is 19.9 Å². The van der Waals surface area contributed by atoms with Crippen molar-refractivity contribution in [3.8, 4) is 11.8 Å². The number of amides is 2. The van der Waals surface area contributed by atoms with Gasteiger partial charge in [0, 0.05) is 11.7 Å². The van der Waals surface area contributed by atoms with Crippen LogP contribution in [0.5, 0.6) is 5.75 Å². The predicted molar refractivity (Wildman–Crippen MR) is 95.1 cm³/mol. The number of nitrogens with zero attached hydrogens (tertiary/aromatic N) is 2. The van der Waals surface area contributed by atoms with Crippen molar-refractivity contribution in [3.05, 3.63) is 41.1 Å². The molecule has 0 fully saturated rings. The molecular weight excluding hydrogens is 334 g/mol. The van der Waals surface area contributed by atoms with Crippen LogP contribution in [0.25, 0.3) is 0 Å². The van der Waals surface area contributed by atoms with Gasteiger partial charge in [0.05, 0.1) is 18.2 Å². The fraction of sp³-hybridized carbons (Fsp3) is 0.421. The summed E-state index contributed by atoms with van der Waals surface area (Å²) in [5.41, 5.74) is 1.72. The minimum absolute atomic E-state index is 0.0457. The Hall–Kier alpha value is -3.01. The standard InChI is InChI=1S/C19H23N3O4/c1-5-25-18(23)16-13(4)22(12(2)3)19(24)21-17(16)14-6-8-15(9-7-14)26-11-10-20/h6-9,12,17H,5,11H2,1-4H3,(H,21,24)/t17-/m1/s1. The van der Waals surface area contributed by atoms with Crippen LogP contribution in [0, 0.1) is 11.3 Å². The van der Waals surface area contributed by atoms with Crippen LogP contribution >= 0.6 is 0 Å². The van der Waals surface area contributed by atoms with Crippen molar-refractivity contribution in [2.24, 2.45) is 0 Å². The summed E-state index contributed by atoms with van der Waals surface area (Å²) < 4.78 is 10.4. The topological polar surface area (TPSA) is 91.7 Å². The lowest BCUT2D eigenvalue weighted by atomic mass is 9.94. The average molecular weight is 357 g/mol. The molecule has 2 rings (SSSR count). The monoisotopic (exact) mass is 357 g/mol. The molecule has 7 nitrogen and oxygen atoms in total. The van der Waals surface area contributed by atoms with E-state index in [0.29, 0.717) is 17.0 Å². The molecule has 0 saturated carbocycles. The number of urea groups is 1. The highest BCUT2D eigenvalue weighted by Gasteiger charge is 2.37. The number of hydrogen-bond donors (Lipinski definition) is 1. The summed E-state index contributed by atoms with van der Waals surface area (Å²) in [5.74, 6) is 0.0880. The van der Waals surface area contributed by atoms with E-state index in [0.717, 1.165) is 5.56 Å². The first-order chi connectivity index (χ1) is 12.4. The van der Waals surface area contributed by atoms with Gasteiger partial charge in [-0.25, -0.2) is 9.59 Å². The van der Waals surface area contributed by atoms with Gasteiger partial charge in [-0.05, 0) is 45.4 Å². The summed E-state index contributed by atoms with van der Waals surface area (Å²) in [6, 6.07) is 7.85. The molecular formula is C19H23N3O4. The molecule has 1 heterocycles. The Bertz CT molecular complexity index is 747. The van der Waals surface area contributed by atoms with Crippen LogP contribution in [0.1, 0.15) is 39.3 Å². The quantitative estimate of drug-likeness (QED) is 0.791. The summed E-state index contributed by atoms with van der Waals surface area (Å²) in [6.45, 7) is 7.46. The number of hydrogen-bond acceptors (Lipinski definition) is 5. The maximum Gasteiger partial charge on any atom is 0.338 e. The van der Waals surface area contributed by atoms with Crippen molar-refractivity contribution < 1.29 is 19.1 Å². The Labute approximate surface area is 153 Å². The molecule has 0 unspecified atom stereocenters. The lowest BCUT2D eigenvalue weighted by Gasteiger charge is -2.37. The van der Waals surface area contributed by atoms with Crippen LogP contribution in [0.4, 0.5) is 4.79 Å². The fourth-order valence-electron chi connectivity index (χ4n) is 2.97. The van der Waals surface area contributed by atoms with Gasteiger partial charge in [-0.15, -0.1) is 0 Å². The van der Waals surface area contributed by atoms with Gasteiger partial charge < -0.3 is 14.8 Å². The van der Waals surface area contributed by atoms with E-state index in [1.54, 1.807) is 43.0 Å². The minimum Gasteiger partial charge on any atom is -0.479 e. The zero-order chi connectivity index (χ0) is 19.3. The van der Waals surface area contributed by atoms with E-state index in [1.165, 1.54) is 0 Å². The van der Waals surface area contributed by atoms with Crippen LogP contribution in [0.2, 0.25) is 0 Å². The molecule has 1 atom stereocenters. The third-order valence-electron chi connectivity index (χ3n) is 4.05. The van der Waals surface area contributed by atoms with Crippen molar-refractivity contribution in [1.29, 1.82) is 5.26 Å². The van der Waals surface area contributed by atoms with E-state index in [-0.39, 0.29) is 25.3 Å². The Morgan fingerprint density at radius 3 is 2.54 bits per heavy atom. The second-order valence-electron chi connectivity index (χ2n) is 6.08. The number of esters is 1. The summed E-state index contributed by atoms with van der Waals surface area (Å²) in [5, 5.41) is 11.5. The Morgan fingerprint density at radius 1 is 1.35 bits per heavy atom. The minimum atomic E-state index is -0.610. The highest BCUT2D eigenvalue weighted by Crippen LogP contribution is 2.33. The normalized spacial score (nSPS) is 17.0. The van der Waals surface area contributed by atoms with Crippen molar-refractivity contribution in [1.82, 2.24) is 10.2 Å². The number of carbonyl (C=O) groups excluding carboxylic acids is 2. The lowest BCUT2D eigenvalue weighted by molar-refractivity contribution is -0.139. The Morgan fingerprint density at radius 2 is 2.00 bits per heavy atom. The van der Waals surface area contributed by atoms with Gasteiger partial charge in [0.15, 0.2) is 6.61 Å². The van der Waals surface area contributed by atoms with Crippen LogP contribution in [0.15, 0.2) is 35.5 Å². The van der Waals surface area contributed by atoms with Gasteiger partial charge in [0.1, 0.15) is 11.8 Å². The maximum absolute atomic E-state index is 12.6. The first-order valence-electron chi connectivity index (χ1n) is 8.48. The van der Waals surface area contributed by atoms with Gasteiger partial charge in [-0.1, -0.05) is 12.1 Å². The molecule has 0 aliphatic carbocycles. The molecule has 1 aromatic carbocycles. The lowest BCUT2D eigenvalue weighted by Crippen LogP contribution is -2.50. The number of carbonyl (C=O) groups is 2. The molecule has 138 valence electrons. The SMILES string of the molecule is CCOC(=O)C1=C(C)N(C(C)C)C(=O)N[C@@H]1c1ccc(OCC#N)cc1. The summed E-state index contributed by atoms with van der Waals surface area (Å²) in [6.07, 6.45) is 0. The van der Waals surface area contributed by atoms with Crippen LogP contribution in [-0.2, 0) is 9.53 Å². The van der Waals surface area contributed by atoms with Crippen LogP contribution in [-0.4, -0.2) is 36.2 Å². The Balaban J connectivity index is 2.43. The third kappa shape index (κ3) is 3.97. The molecule has 0 spiro atoms. The number of benzene rings is 1. The zero-order valence-corrected chi connectivity index (χ0v) is 15.4. The second kappa shape index (κ2) is 8.39. The second-order valence-corrected chi connectivity index (χ2v) is 6.08. The highest BCUT2D eigenvalue weighted by molar-refractivity contribution is 5.95. The van der Waals surface area contributed by atoms with Crippen LogP contribution < -0.4 is 10.1 Å². The largest absolute Gasteiger partial charge is 0.479 e. The van der Waals surface area contributed by atoms with E-state index >= 15 is 0 Å². The molecule has 0 radical (unpaired) electrons. The molecule has 0 aromatic heterocycles. The van der Waals surface area contributed by atoms with E-state index < -0.39 is 12.0 Å². The van der Waals surface area contributed by atoms with E-state index in [4.69, 9.17) is 14.7 Å². The molecule has 26 heavy (non-hydrogen) atoms.